The molecule has 1 aromatic heterocycles. The van der Waals surface area contributed by atoms with E-state index in [4.69, 9.17) is 10.1 Å². The van der Waals surface area contributed by atoms with Crippen LogP contribution in [0.2, 0.25) is 0 Å². The number of benzene rings is 2. The van der Waals surface area contributed by atoms with Gasteiger partial charge in [-0.15, -0.1) is 0 Å². The van der Waals surface area contributed by atoms with E-state index in [1.54, 1.807) is 6.20 Å². The molecular weight excluding hydrogens is 508 g/mol. The van der Waals surface area contributed by atoms with Crippen molar-refractivity contribution < 1.29 is 4.74 Å². The van der Waals surface area contributed by atoms with Crippen LogP contribution in [0.4, 0.5) is 5.69 Å². The fraction of sp³-hybridized carbons (Fsp3) is 0.367. The van der Waals surface area contributed by atoms with Crippen molar-refractivity contribution in [3.8, 4) is 11.4 Å². The van der Waals surface area contributed by atoms with E-state index in [1.165, 1.54) is 16.5 Å². The molecule has 0 atom stereocenters. The number of anilines is 1. The topological polar surface area (TPSA) is 86.5 Å². The third kappa shape index (κ3) is 6.54. The first-order chi connectivity index (χ1) is 19.0. The number of rotatable bonds is 11. The van der Waals surface area contributed by atoms with Gasteiger partial charge >= 0.3 is 5.56 Å². The number of allylic oxidation sites excluding steroid dienone is 1. The Bertz CT molecular complexity index is 1380. The van der Waals surface area contributed by atoms with Crippen LogP contribution in [-0.2, 0) is 5.75 Å². The number of ether oxygens (including phenoxy) is 1. The molecule has 9 heteroatoms. The second-order valence-corrected chi connectivity index (χ2v) is 11.5. The molecule has 0 spiro atoms. The van der Waals surface area contributed by atoms with Crippen LogP contribution < -0.4 is 20.5 Å². The average molecular weight is 545 g/mol. The molecule has 1 saturated carbocycles. The Morgan fingerprint density at radius 2 is 1.90 bits per heavy atom. The van der Waals surface area contributed by atoms with Crippen LogP contribution in [0.15, 0.2) is 71.8 Å². The number of para-hydroxylation sites is 1. The number of hydrogen-bond acceptors (Lipinski definition) is 8. The van der Waals surface area contributed by atoms with Crippen molar-refractivity contribution in [1.82, 2.24) is 19.4 Å². The highest BCUT2D eigenvalue weighted by molar-refractivity contribution is 7.96. The highest BCUT2D eigenvalue weighted by atomic mass is 32.2. The summed E-state index contributed by atoms with van der Waals surface area (Å²) in [5, 5.41) is 15.2. The van der Waals surface area contributed by atoms with Crippen LogP contribution in [0.3, 0.4) is 0 Å². The largest absolute Gasteiger partial charge is 0.486 e. The molecule has 39 heavy (non-hydrogen) atoms. The number of nitrogens with zero attached hydrogens (tertiary/aromatic N) is 4. The summed E-state index contributed by atoms with van der Waals surface area (Å²) in [6.45, 7) is 6.08. The summed E-state index contributed by atoms with van der Waals surface area (Å²) in [4.78, 5) is 15.8. The zero-order chi connectivity index (χ0) is 27.2. The molecule has 2 aromatic carbocycles. The van der Waals surface area contributed by atoms with Crippen LogP contribution in [-0.4, -0.2) is 60.1 Å². The smallest absolute Gasteiger partial charge is 0.316 e. The van der Waals surface area contributed by atoms with Gasteiger partial charge in [0.05, 0.1) is 18.5 Å². The lowest BCUT2D eigenvalue weighted by Gasteiger charge is -2.35. The first kappa shape index (κ1) is 27.0. The third-order valence-corrected chi connectivity index (χ3v) is 8.49. The van der Waals surface area contributed by atoms with Gasteiger partial charge < -0.3 is 20.4 Å². The van der Waals surface area contributed by atoms with Crippen molar-refractivity contribution in [2.75, 3.05) is 44.7 Å². The first-order valence-electron chi connectivity index (χ1n) is 13.4. The van der Waals surface area contributed by atoms with Crippen LogP contribution >= 0.6 is 11.9 Å². The molecule has 1 saturated heterocycles. The maximum absolute atomic E-state index is 13.5. The van der Waals surface area contributed by atoms with Gasteiger partial charge in [-0.2, -0.15) is 9.78 Å². The molecule has 0 amide bonds. The van der Waals surface area contributed by atoms with Crippen LogP contribution in [0.25, 0.3) is 11.3 Å². The van der Waals surface area contributed by atoms with E-state index >= 15 is 0 Å². The van der Waals surface area contributed by atoms with Gasteiger partial charge in [-0.1, -0.05) is 61.3 Å². The Morgan fingerprint density at radius 1 is 1.13 bits per heavy atom. The highest BCUT2D eigenvalue weighted by Crippen LogP contribution is 2.45. The summed E-state index contributed by atoms with van der Waals surface area (Å²) < 4.78 is 10.1. The maximum atomic E-state index is 13.5. The van der Waals surface area contributed by atoms with E-state index in [1.807, 2.05) is 67.7 Å². The molecule has 2 fully saturated rings. The van der Waals surface area contributed by atoms with Crippen LogP contribution in [0, 0.1) is 10.8 Å². The van der Waals surface area contributed by atoms with E-state index in [2.05, 4.69) is 38.7 Å². The Balaban J connectivity index is 1.26. The van der Waals surface area contributed by atoms with Gasteiger partial charge in [0.25, 0.3) is 0 Å². The summed E-state index contributed by atoms with van der Waals surface area (Å²) in [5.74, 6) is 1.26. The van der Waals surface area contributed by atoms with E-state index in [0.717, 1.165) is 67.3 Å². The van der Waals surface area contributed by atoms with E-state index in [0.29, 0.717) is 12.4 Å². The standard InChI is InChI=1S/C30H36N6O2S/c1-30(11-12-30)22-38-28-27(20-33-36(29(28)37)26-9-4-3-5-10-26)34-13-15-35(16-14-34)39-21-23-7-6-8-24(17-23)25(18-31)19-32-2/h3-10,17-20,31-32H,11-16,21-22H2,1-2H3/b25-19+,31-18?. The van der Waals surface area contributed by atoms with Crippen molar-refractivity contribution in [3.63, 3.8) is 0 Å². The lowest BCUT2D eigenvalue weighted by Crippen LogP contribution is -2.44. The van der Waals surface area contributed by atoms with Crippen LogP contribution in [0.1, 0.15) is 30.9 Å². The zero-order valence-electron chi connectivity index (χ0n) is 22.6. The molecule has 0 unspecified atom stereocenters. The molecule has 2 N–H and O–H groups in total. The minimum Gasteiger partial charge on any atom is -0.486 e. The first-order valence-corrected chi connectivity index (χ1v) is 14.3. The van der Waals surface area contributed by atoms with Crippen LogP contribution in [0.5, 0.6) is 5.75 Å². The Hall–Kier alpha value is -3.56. The molecule has 2 aliphatic rings. The Labute approximate surface area is 234 Å². The van der Waals surface area contributed by atoms with E-state index in [9.17, 15) is 4.79 Å². The number of aromatic nitrogens is 2. The molecule has 0 bridgehead atoms. The molecule has 1 aliphatic heterocycles. The molecule has 1 aliphatic carbocycles. The number of nitrogens with one attached hydrogen (secondary N) is 2. The van der Waals surface area contributed by atoms with Gasteiger partial charge in [0.15, 0.2) is 0 Å². The number of hydrogen-bond donors (Lipinski definition) is 2. The maximum Gasteiger partial charge on any atom is 0.316 e. The SMILES string of the molecule is CN/C=C(\C=N)c1cccc(CSN2CCN(c3cnn(-c4ccccc4)c(=O)c3OCC3(C)CC3)CC2)c1. The minimum atomic E-state index is -0.212. The average Bonchev–Trinajstić information content (AvgIpc) is 3.72. The van der Waals surface area contributed by atoms with Crippen molar-refractivity contribution in [1.29, 1.82) is 5.41 Å². The van der Waals surface area contributed by atoms with Gasteiger partial charge in [0.2, 0.25) is 5.75 Å². The van der Waals surface area contributed by atoms with Crippen molar-refractivity contribution in [3.05, 3.63) is 88.5 Å². The summed E-state index contributed by atoms with van der Waals surface area (Å²) in [5.41, 5.74) is 4.58. The zero-order valence-corrected chi connectivity index (χ0v) is 23.4. The highest BCUT2D eigenvalue weighted by Gasteiger charge is 2.39. The summed E-state index contributed by atoms with van der Waals surface area (Å²) in [6, 6.07) is 17.9. The summed E-state index contributed by atoms with van der Waals surface area (Å²) in [6.07, 6.45) is 7.26. The lowest BCUT2D eigenvalue weighted by molar-refractivity contribution is 0.243. The fourth-order valence-electron chi connectivity index (χ4n) is 4.58. The molecule has 204 valence electrons. The molecule has 2 heterocycles. The van der Waals surface area contributed by atoms with Gasteiger partial charge in [-0.05, 0) is 36.1 Å². The summed E-state index contributed by atoms with van der Waals surface area (Å²) >= 11 is 1.82. The quantitative estimate of drug-likeness (QED) is 0.270. The Morgan fingerprint density at radius 3 is 2.59 bits per heavy atom. The van der Waals surface area contributed by atoms with Gasteiger partial charge in [-0.3, -0.25) is 4.79 Å². The predicted molar refractivity (Wildman–Crippen MR) is 160 cm³/mol. The van der Waals surface area contributed by atoms with E-state index < -0.39 is 0 Å². The van der Waals surface area contributed by atoms with Crippen molar-refractivity contribution in [2.45, 2.75) is 25.5 Å². The van der Waals surface area contributed by atoms with Gasteiger partial charge in [0.1, 0.15) is 5.69 Å². The monoisotopic (exact) mass is 544 g/mol. The molecule has 5 rings (SSSR count). The normalized spacial score (nSPS) is 17.1. The summed E-state index contributed by atoms with van der Waals surface area (Å²) in [7, 11) is 1.84. The molecule has 3 aromatic rings. The molecule has 8 nitrogen and oxygen atoms in total. The Kier molecular flexibility index (Phi) is 8.38. The lowest BCUT2D eigenvalue weighted by atomic mass is 10.1. The molecule has 0 radical (unpaired) electrons. The number of piperazine rings is 1. The fourth-order valence-corrected chi connectivity index (χ4v) is 5.51. The van der Waals surface area contributed by atoms with Gasteiger partial charge in [-0.25, -0.2) is 4.31 Å². The second kappa shape index (κ2) is 12.1. The minimum absolute atomic E-state index is 0.166. The second-order valence-electron chi connectivity index (χ2n) is 10.4. The van der Waals surface area contributed by atoms with E-state index in [-0.39, 0.29) is 11.0 Å². The van der Waals surface area contributed by atoms with Crippen molar-refractivity contribution >= 4 is 29.4 Å². The third-order valence-electron chi connectivity index (χ3n) is 7.29. The van der Waals surface area contributed by atoms with Crippen molar-refractivity contribution in [2.24, 2.45) is 5.41 Å². The molecular formula is C30H36N6O2S. The van der Waals surface area contributed by atoms with Gasteiger partial charge in [0, 0.05) is 62.4 Å². The predicted octanol–water partition coefficient (Wildman–Crippen LogP) is 4.59.